The number of hydrogen-bond acceptors (Lipinski definition) is 1. The lowest BCUT2D eigenvalue weighted by molar-refractivity contribution is 0.422. The minimum Gasteiger partial charge on any atom is -0.340 e. The van der Waals surface area contributed by atoms with Crippen molar-refractivity contribution in [2.45, 2.75) is 32.1 Å². The van der Waals surface area contributed by atoms with E-state index in [0.717, 1.165) is 6.42 Å². The Morgan fingerprint density at radius 2 is 2.18 bits per heavy atom. The van der Waals surface area contributed by atoms with Gasteiger partial charge in [-0.15, -0.1) is 0 Å². The zero-order valence-electron chi connectivity index (χ0n) is 6.68. The Labute approximate surface area is 73.1 Å². The Hall–Kier alpha value is -0.370. The van der Waals surface area contributed by atoms with Crippen LogP contribution in [0.1, 0.15) is 32.1 Å². The third-order valence-corrected chi connectivity index (χ3v) is 2.86. The van der Waals surface area contributed by atoms with Gasteiger partial charge in [-0.3, -0.25) is 0 Å². The molecule has 2 aliphatic heterocycles. The first-order valence-corrected chi connectivity index (χ1v) is 4.78. The first-order valence-electron chi connectivity index (χ1n) is 4.37. The highest BCUT2D eigenvalue weighted by Crippen LogP contribution is 2.26. The lowest BCUT2D eigenvalue weighted by Gasteiger charge is -2.34. The zero-order valence-corrected chi connectivity index (χ0v) is 7.49. The van der Waals surface area contributed by atoms with Crippen molar-refractivity contribution in [3.63, 3.8) is 0 Å². The molecule has 1 nitrogen and oxygen atoms in total. The summed E-state index contributed by atoms with van der Waals surface area (Å²) in [6, 6.07) is 0. The molecule has 0 unspecified atom stereocenters. The van der Waals surface area contributed by atoms with Gasteiger partial charge in [0, 0.05) is 12.2 Å². The van der Waals surface area contributed by atoms with Crippen LogP contribution in [0.15, 0.2) is 11.8 Å². The van der Waals surface area contributed by atoms with Gasteiger partial charge < -0.3 is 4.90 Å². The van der Waals surface area contributed by atoms with Crippen LogP contribution in [0.25, 0.3) is 0 Å². The number of hydrogen-bond donors (Lipinski definition) is 0. The normalized spacial score (nSPS) is 24.5. The van der Waals surface area contributed by atoms with E-state index in [0.29, 0.717) is 0 Å². The molecule has 0 aromatic rings. The third-order valence-electron chi connectivity index (χ3n) is 2.44. The van der Waals surface area contributed by atoms with E-state index in [2.05, 4.69) is 11.0 Å². The van der Waals surface area contributed by atoms with Crippen molar-refractivity contribution in [3.8, 4) is 0 Å². The summed E-state index contributed by atoms with van der Waals surface area (Å²) in [5.74, 6) is 0. The number of piperidine rings is 1. The quantitative estimate of drug-likeness (QED) is 0.510. The van der Waals surface area contributed by atoms with Gasteiger partial charge in [-0.1, -0.05) is 18.3 Å². The second-order valence-electron chi connectivity index (χ2n) is 3.24. The second kappa shape index (κ2) is 2.94. The van der Waals surface area contributed by atoms with Crippen LogP contribution in [0.3, 0.4) is 0 Å². The summed E-state index contributed by atoms with van der Waals surface area (Å²) in [6.07, 6.45) is 8.54. The van der Waals surface area contributed by atoms with Gasteiger partial charge in [-0.2, -0.15) is 0 Å². The van der Waals surface area contributed by atoms with Crippen molar-refractivity contribution in [2.75, 3.05) is 6.54 Å². The van der Waals surface area contributed by atoms with E-state index in [9.17, 15) is 0 Å². The molecule has 2 heteroatoms. The summed E-state index contributed by atoms with van der Waals surface area (Å²) in [7, 11) is 0. The molecule has 2 rings (SSSR count). The van der Waals surface area contributed by atoms with Gasteiger partial charge >= 0.3 is 0 Å². The SMILES string of the molecule is S=C1CCCC2=CCCCN12. The summed E-state index contributed by atoms with van der Waals surface area (Å²) < 4.78 is 0. The molecule has 0 atom stereocenters. The Bertz CT molecular complexity index is 208. The van der Waals surface area contributed by atoms with E-state index >= 15 is 0 Å². The van der Waals surface area contributed by atoms with Gasteiger partial charge in [-0.25, -0.2) is 0 Å². The van der Waals surface area contributed by atoms with E-state index < -0.39 is 0 Å². The average Bonchev–Trinajstić information content (AvgIpc) is 2.06. The molecule has 11 heavy (non-hydrogen) atoms. The standard InChI is InChI=1S/C9H13NS/c11-9-6-3-5-8-4-1-2-7-10(8)9/h4H,1-3,5-7H2. The Morgan fingerprint density at radius 3 is 3.00 bits per heavy atom. The Balaban J connectivity index is 2.20. The van der Waals surface area contributed by atoms with E-state index in [-0.39, 0.29) is 0 Å². The molecular formula is C9H13NS. The van der Waals surface area contributed by atoms with Crippen molar-refractivity contribution in [2.24, 2.45) is 0 Å². The Morgan fingerprint density at radius 1 is 1.27 bits per heavy atom. The number of fused-ring (bicyclic) bond motifs is 1. The minimum absolute atomic E-state index is 1.13. The first kappa shape index (κ1) is 7.29. The molecule has 0 aromatic heterocycles. The van der Waals surface area contributed by atoms with E-state index in [1.165, 1.54) is 42.9 Å². The summed E-state index contributed by atoms with van der Waals surface area (Å²) in [5.41, 5.74) is 1.49. The zero-order chi connectivity index (χ0) is 7.68. The molecule has 0 aromatic carbocycles. The largest absolute Gasteiger partial charge is 0.340 e. The molecule has 0 amide bonds. The highest BCUT2D eigenvalue weighted by molar-refractivity contribution is 7.80. The van der Waals surface area contributed by atoms with Crippen molar-refractivity contribution >= 4 is 17.2 Å². The van der Waals surface area contributed by atoms with Crippen LogP contribution < -0.4 is 0 Å². The maximum absolute atomic E-state index is 5.29. The number of rotatable bonds is 0. The van der Waals surface area contributed by atoms with Crippen LogP contribution in [-0.4, -0.2) is 16.4 Å². The fourth-order valence-electron chi connectivity index (χ4n) is 1.85. The lowest BCUT2D eigenvalue weighted by Crippen LogP contribution is -2.34. The van der Waals surface area contributed by atoms with Gasteiger partial charge in [0.2, 0.25) is 0 Å². The highest BCUT2D eigenvalue weighted by atomic mass is 32.1. The average molecular weight is 167 g/mol. The summed E-state index contributed by atoms with van der Waals surface area (Å²) in [5, 5.41) is 0. The molecule has 0 N–H and O–H groups in total. The molecule has 1 saturated heterocycles. The van der Waals surface area contributed by atoms with Crippen LogP contribution in [0.5, 0.6) is 0 Å². The summed E-state index contributed by atoms with van der Waals surface area (Å²) >= 11 is 5.29. The maximum Gasteiger partial charge on any atom is 0.0821 e. The van der Waals surface area contributed by atoms with Crippen molar-refractivity contribution in [1.82, 2.24) is 4.90 Å². The predicted octanol–water partition coefficient (Wildman–Crippen LogP) is 2.48. The molecule has 0 bridgehead atoms. The van der Waals surface area contributed by atoms with Gasteiger partial charge in [0.1, 0.15) is 0 Å². The van der Waals surface area contributed by atoms with Crippen LogP contribution in [-0.2, 0) is 0 Å². The highest BCUT2D eigenvalue weighted by Gasteiger charge is 2.20. The summed E-state index contributed by atoms with van der Waals surface area (Å²) in [6.45, 7) is 1.17. The monoisotopic (exact) mass is 167 g/mol. The van der Waals surface area contributed by atoms with Gasteiger partial charge in [0.05, 0.1) is 4.99 Å². The minimum atomic E-state index is 1.13. The molecule has 2 aliphatic rings. The fraction of sp³-hybridized carbons (Fsp3) is 0.667. The molecule has 0 radical (unpaired) electrons. The molecule has 2 heterocycles. The smallest absolute Gasteiger partial charge is 0.0821 e. The van der Waals surface area contributed by atoms with Gasteiger partial charge in [0.25, 0.3) is 0 Å². The topological polar surface area (TPSA) is 3.24 Å². The number of thiocarbonyl (C=S) groups is 1. The van der Waals surface area contributed by atoms with Crippen molar-refractivity contribution < 1.29 is 0 Å². The molecule has 60 valence electrons. The fourth-order valence-corrected chi connectivity index (χ4v) is 2.20. The predicted molar refractivity (Wildman–Crippen MR) is 50.5 cm³/mol. The van der Waals surface area contributed by atoms with Crippen LogP contribution >= 0.6 is 12.2 Å². The molecule has 0 saturated carbocycles. The van der Waals surface area contributed by atoms with Crippen LogP contribution in [0.2, 0.25) is 0 Å². The van der Waals surface area contributed by atoms with Crippen molar-refractivity contribution in [3.05, 3.63) is 11.8 Å². The van der Waals surface area contributed by atoms with Crippen LogP contribution in [0, 0.1) is 0 Å². The second-order valence-corrected chi connectivity index (χ2v) is 3.71. The molecular weight excluding hydrogens is 154 g/mol. The van der Waals surface area contributed by atoms with Crippen LogP contribution in [0.4, 0.5) is 0 Å². The van der Waals surface area contributed by atoms with Crippen molar-refractivity contribution in [1.29, 1.82) is 0 Å². The number of nitrogens with zero attached hydrogens (tertiary/aromatic N) is 1. The molecule has 0 spiro atoms. The lowest BCUT2D eigenvalue weighted by atomic mass is 10.0. The van der Waals surface area contributed by atoms with E-state index in [4.69, 9.17) is 12.2 Å². The van der Waals surface area contributed by atoms with E-state index in [1.807, 2.05) is 0 Å². The van der Waals surface area contributed by atoms with E-state index in [1.54, 1.807) is 0 Å². The van der Waals surface area contributed by atoms with Gasteiger partial charge in [0.15, 0.2) is 0 Å². The first-order chi connectivity index (χ1) is 5.38. The number of allylic oxidation sites excluding steroid dienone is 2. The summed E-state index contributed by atoms with van der Waals surface area (Å²) in [4.78, 5) is 3.50. The Kier molecular flexibility index (Phi) is 1.95. The molecule has 0 aliphatic carbocycles. The van der Waals surface area contributed by atoms with Gasteiger partial charge in [-0.05, 0) is 32.1 Å². The molecule has 1 fully saturated rings. The maximum atomic E-state index is 5.29. The third kappa shape index (κ3) is 1.32.